The Morgan fingerprint density at radius 1 is 1.11 bits per heavy atom. The maximum atomic E-state index is 12.4. The van der Waals surface area contributed by atoms with E-state index in [1.54, 1.807) is 47.4 Å². The number of nitrogens with zero attached hydrogens (tertiary/aromatic N) is 1. The van der Waals surface area contributed by atoms with Crippen LogP contribution in [0.5, 0.6) is 11.5 Å². The van der Waals surface area contributed by atoms with E-state index in [9.17, 15) is 9.59 Å². The Kier molecular flexibility index (Phi) is 4.90. The predicted octanol–water partition coefficient (Wildman–Crippen LogP) is 3.21. The summed E-state index contributed by atoms with van der Waals surface area (Å²) in [5, 5.41) is 0.626. The Bertz CT molecular complexity index is 867. The fraction of sp³-hybridized carbons (Fsp3) is 0.300. The topological polar surface area (TPSA) is 65.1 Å². The van der Waals surface area contributed by atoms with Crippen LogP contribution in [0.4, 0.5) is 5.69 Å². The summed E-state index contributed by atoms with van der Waals surface area (Å²) in [5.41, 5.74) is 1.54. The third kappa shape index (κ3) is 3.85. The highest BCUT2D eigenvalue weighted by Crippen LogP contribution is 2.36. The molecule has 0 radical (unpaired) electrons. The number of fused-ring (bicyclic) bond motifs is 1. The van der Waals surface area contributed by atoms with Crippen molar-refractivity contribution in [2.24, 2.45) is 5.92 Å². The highest BCUT2D eigenvalue weighted by atomic mass is 35.5. The lowest BCUT2D eigenvalue weighted by atomic mass is 10.1. The van der Waals surface area contributed by atoms with Crippen molar-refractivity contribution >= 4 is 29.2 Å². The molecule has 2 aromatic carbocycles. The van der Waals surface area contributed by atoms with Gasteiger partial charge in [-0.25, -0.2) is 0 Å². The SMILES string of the molecule is O=C(OCc1ccc(Cl)cc1)[C@H]1CC(=O)N(c2ccc3c(c2)OCCO3)C1. The number of anilines is 1. The van der Waals surface area contributed by atoms with Gasteiger partial charge >= 0.3 is 5.97 Å². The first-order valence-corrected chi connectivity index (χ1v) is 9.09. The van der Waals surface area contributed by atoms with Crippen LogP contribution in [0.2, 0.25) is 5.02 Å². The molecule has 0 unspecified atom stereocenters. The largest absolute Gasteiger partial charge is 0.486 e. The molecule has 2 aliphatic heterocycles. The number of hydrogen-bond acceptors (Lipinski definition) is 5. The van der Waals surface area contributed by atoms with Crippen molar-refractivity contribution in [2.45, 2.75) is 13.0 Å². The van der Waals surface area contributed by atoms with Crippen LogP contribution in [0, 0.1) is 5.92 Å². The Morgan fingerprint density at radius 3 is 2.63 bits per heavy atom. The summed E-state index contributed by atoms with van der Waals surface area (Å²) < 4.78 is 16.4. The second-order valence-electron chi connectivity index (χ2n) is 6.47. The molecular formula is C20H18ClNO5. The molecule has 6 nitrogen and oxygen atoms in total. The van der Waals surface area contributed by atoms with Gasteiger partial charge in [0.15, 0.2) is 11.5 Å². The number of halogens is 1. The van der Waals surface area contributed by atoms with Gasteiger partial charge in [-0.05, 0) is 29.8 Å². The van der Waals surface area contributed by atoms with Crippen LogP contribution in [0.25, 0.3) is 0 Å². The Hall–Kier alpha value is -2.73. The van der Waals surface area contributed by atoms with Gasteiger partial charge in [0, 0.05) is 29.7 Å². The van der Waals surface area contributed by atoms with Crippen LogP contribution in [0.1, 0.15) is 12.0 Å². The monoisotopic (exact) mass is 387 g/mol. The number of ether oxygens (including phenoxy) is 3. The first kappa shape index (κ1) is 17.7. The normalized spacial score (nSPS) is 18.5. The number of carbonyl (C=O) groups is 2. The molecule has 0 N–H and O–H groups in total. The first-order chi connectivity index (χ1) is 13.1. The maximum Gasteiger partial charge on any atom is 0.311 e. The molecule has 27 heavy (non-hydrogen) atoms. The number of amides is 1. The zero-order valence-corrected chi connectivity index (χ0v) is 15.3. The lowest BCUT2D eigenvalue weighted by molar-refractivity contribution is -0.149. The molecule has 0 aromatic heterocycles. The standard InChI is InChI=1S/C20H18ClNO5/c21-15-3-1-13(2-4-15)12-27-20(24)14-9-19(23)22(11-14)16-5-6-17-18(10-16)26-8-7-25-17/h1-6,10,14H,7-9,11-12H2/t14-/m0/s1. The highest BCUT2D eigenvalue weighted by molar-refractivity contribution is 6.30. The second-order valence-corrected chi connectivity index (χ2v) is 6.90. The minimum absolute atomic E-state index is 0.111. The smallest absolute Gasteiger partial charge is 0.311 e. The number of carbonyl (C=O) groups excluding carboxylic acids is 2. The molecule has 0 bridgehead atoms. The summed E-state index contributed by atoms with van der Waals surface area (Å²) in [6.45, 7) is 1.43. The molecule has 2 heterocycles. The lowest BCUT2D eigenvalue weighted by Crippen LogP contribution is -2.26. The van der Waals surface area contributed by atoms with Crippen LogP contribution in [0.15, 0.2) is 42.5 Å². The maximum absolute atomic E-state index is 12.4. The summed E-state index contributed by atoms with van der Waals surface area (Å²) in [4.78, 5) is 26.4. The molecule has 0 aliphatic carbocycles. The highest BCUT2D eigenvalue weighted by Gasteiger charge is 2.36. The molecule has 1 amide bonds. The predicted molar refractivity (Wildman–Crippen MR) is 99.1 cm³/mol. The molecule has 0 saturated carbocycles. The van der Waals surface area contributed by atoms with Gasteiger partial charge in [0.1, 0.15) is 19.8 Å². The van der Waals surface area contributed by atoms with E-state index in [1.165, 1.54) is 0 Å². The van der Waals surface area contributed by atoms with E-state index in [1.807, 2.05) is 0 Å². The Balaban J connectivity index is 1.39. The average Bonchev–Trinajstić information content (AvgIpc) is 3.09. The van der Waals surface area contributed by atoms with Crippen molar-refractivity contribution in [2.75, 3.05) is 24.7 Å². The van der Waals surface area contributed by atoms with Crippen LogP contribution in [-0.4, -0.2) is 31.6 Å². The van der Waals surface area contributed by atoms with Gasteiger partial charge in [-0.1, -0.05) is 23.7 Å². The molecular weight excluding hydrogens is 370 g/mol. The quantitative estimate of drug-likeness (QED) is 0.754. The van der Waals surface area contributed by atoms with Gasteiger partial charge in [0.05, 0.1) is 5.92 Å². The fourth-order valence-corrected chi connectivity index (χ4v) is 3.29. The van der Waals surface area contributed by atoms with Crippen LogP contribution >= 0.6 is 11.6 Å². The van der Waals surface area contributed by atoms with Crippen LogP contribution < -0.4 is 14.4 Å². The van der Waals surface area contributed by atoms with Crippen LogP contribution in [-0.2, 0) is 20.9 Å². The minimum Gasteiger partial charge on any atom is -0.486 e. The third-order valence-corrected chi connectivity index (χ3v) is 4.84. The van der Waals surface area contributed by atoms with Crippen molar-refractivity contribution in [3.05, 3.63) is 53.1 Å². The van der Waals surface area contributed by atoms with E-state index < -0.39 is 5.92 Å². The summed E-state index contributed by atoms with van der Waals surface area (Å²) in [5.74, 6) is 0.298. The molecule has 2 aliphatic rings. The van der Waals surface area contributed by atoms with Gasteiger partial charge in [0.2, 0.25) is 5.91 Å². The second kappa shape index (κ2) is 7.48. The van der Waals surface area contributed by atoms with E-state index in [2.05, 4.69) is 0 Å². The van der Waals surface area contributed by atoms with Gasteiger partial charge in [-0.3, -0.25) is 9.59 Å². The zero-order valence-electron chi connectivity index (χ0n) is 14.5. The van der Waals surface area contributed by atoms with Crippen molar-refractivity contribution in [3.8, 4) is 11.5 Å². The van der Waals surface area contributed by atoms with Gasteiger partial charge in [-0.15, -0.1) is 0 Å². The van der Waals surface area contributed by atoms with Gasteiger partial charge in [0.25, 0.3) is 0 Å². The molecule has 140 valence electrons. The summed E-state index contributed by atoms with van der Waals surface area (Å²) in [7, 11) is 0. The Morgan fingerprint density at radius 2 is 1.85 bits per heavy atom. The van der Waals surface area contributed by atoms with E-state index in [4.69, 9.17) is 25.8 Å². The van der Waals surface area contributed by atoms with E-state index in [0.717, 1.165) is 5.56 Å². The van der Waals surface area contributed by atoms with Crippen molar-refractivity contribution in [1.29, 1.82) is 0 Å². The van der Waals surface area contributed by atoms with Gasteiger partial charge < -0.3 is 19.1 Å². The van der Waals surface area contributed by atoms with Gasteiger partial charge in [-0.2, -0.15) is 0 Å². The molecule has 2 aromatic rings. The van der Waals surface area contributed by atoms with E-state index in [0.29, 0.717) is 35.4 Å². The van der Waals surface area contributed by atoms with Crippen LogP contribution in [0.3, 0.4) is 0 Å². The molecule has 7 heteroatoms. The van der Waals surface area contributed by atoms with Crippen molar-refractivity contribution in [3.63, 3.8) is 0 Å². The lowest BCUT2D eigenvalue weighted by Gasteiger charge is -2.22. The molecule has 4 rings (SSSR count). The van der Waals surface area contributed by atoms with E-state index >= 15 is 0 Å². The van der Waals surface area contributed by atoms with E-state index in [-0.39, 0.29) is 31.4 Å². The summed E-state index contributed by atoms with van der Waals surface area (Å²) in [6.07, 6.45) is 0.133. The summed E-state index contributed by atoms with van der Waals surface area (Å²) in [6, 6.07) is 12.4. The third-order valence-electron chi connectivity index (χ3n) is 4.59. The first-order valence-electron chi connectivity index (χ1n) is 8.71. The summed E-state index contributed by atoms with van der Waals surface area (Å²) >= 11 is 5.85. The van der Waals surface area contributed by atoms with Crippen molar-refractivity contribution < 1.29 is 23.8 Å². The Labute approximate surface area is 161 Å². The number of esters is 1. The van der Waals surface area contributed by atoms with Crippen molar-refractivity contribution in [1.82, 2.24) is 0 Å². The zero-order chi connectivity index (χ0) is 18.8. The average molecular weight is 388 g/mol. The number of rotatable bonds is 4. The molecule has 0 spiro atoms. The molecule has 1 atom stereocenters. The number of benzene rings is 2. The number of hydrogen-bond donors (Lipinski definition) is 0. The molecule has 1 fully saturated rings. The molecule has 1 saturated heterocycles. The minimum atomic E-state index is -0.488. The fourth-order valence-electron chi connectivity index (χ4n) is 3.17.